The summed E-state index contributed by atoms with van der Waals surface area (Å²) in [6.45, 7) is 0. The number of aromatic nitrogens is 5. The van der Waals surface area contributed by atoms with E-state index in [4.69, 9.17) is 0 Å². The maximum Gasteiger partial charge on any atom is 0.235 e. The van der Waals surface area contributed by atoms with Gasteiger partial charge in [0.25, 0.3) is 0 Å². The summed E-state index contributed by atoms with van der Waals surface area (Å²) < 4.78 is 9.78. The Morgan fingerprint density at radius 2 is 1.30 bits per heavy atom. The maximum atomic E-state index is 12.2. The normalized spacial score (nSPS) is 10.7. The van der Waals surface area contributed by atoms with Gasteiger partial charge in [-0.1, -0.05) is 53.1 Å². The van der Waals surface area contributed by atoms with Gasteiger partial charge in [0.1, 0.15) is 11.6 Å². The molecular formula is C15H15N7O2S6. The average Bonchev–Trinajstić information content (AvgIpc) is 3.40. The predicted molar refractivity (Wildman–Crippen MR) is 126 cm³/mol. The van der Waals surface area contributed by atoms with Gasteiger partial charge in [-0.15, -0.1) is 0 Å². The molecule has 2 N–H and O–H groups in total. The lowest BCUT2D eigenvalue weighted by atomic mass is 10.4. The Labute approximate surface area is 197 Å². The molecule has 3 aromatic rings. The van der Waals surface area contributed by atoms with Crippen LogP contribution in [-0.4, -0.2) is 59.5 Å². The zero-order valence-electron chi connectivity index (χ0n) is 15.6. The first-order valence-electron chi connectivity index (χ1n) is 8.13. The van der Waals surface area contributed by atoms with E-state index in [9.17, 15) is 9.59 Å². The van der Waals surface area contributed by atoms with Crippen LogP contribution in [0.4, 0.5) is 11.6 Å². The van der Waals surface area contributed by atoms with Gasteiger partial charge in [-0.05, 0) is 47.7 Å². The zero-order valence-corrected chi connectivity index (χ0v) is 20.5. The van der Waals surface area contributed by atoms with E-state index in [1.54, 1.807) is 18.2 Å². The predicted octanol–water partition coefficient (Wildman–Crippen LogP) is 3.69. The number of carbonyl (C=O) groups is 2. The molecule has 0 fully saturated rings. The molecule has 0 aromatic carbocycles. The van der Waals surface area contributed by atoms with Crippen molar-refractivity contribution in [2.45, 2.75) is 19.0 Å². The minimum Gasteiger partial charge on any atom is -0.310 e. The highest BCUT2D eigenvalue weighted by Gasteiger charge is 2.11. The fourth-order valence-corrected chi connectivity index (χ4v) is 5.88. The van der Waals surface area contributed by atoms with Crippen molar-refractivity contribution in [2.24, 2.45) is 0 Å². The van der Waals surface area contributed by atoms with E-state index in [2.05, 4.69) is 34.3 Å². The topological polar surface area (TPSA) is 123 Å². The fourth-order valence-electron chi connectivity index (χ4n) is 1.86. The minimum absolute atomic E-state index is 0.192. The second-order valence-corrected chi connectivity index (χ2v) is 10.7. The number of rotatable bonds is 10. The van der Waals surface area contributed by atoms with Crippen LogP contribution in [0.25, 0.3) is 0 Å². The van der Waals surface area contributed by atoms with Crippen LogP contribution in [0.1, 0.15) is 0 Å². The Hall–Kier alpha value is -1.39. The minimum atomic E-state index is -0.215. The van der Waals surface area contributed by atoms with E-state index in [-0.39, 0.29) is 23.3 Å². The van der Waals surface area contributed by atoms with Gasteiger partial charge in [0, 0.05) is 0 Å². The number of nitrogens with zero attached hydrogens (tertiary/aromatic N) is 5. The van der Waals surface area contributed by atoms with Crippen LogP contribution in [-0.2, 0) is 9.59 Å². The number of anilines is 2. The Morgan fingerprint density at radius 3 is 1.70 bits per heavy atom. The highest BCUT2D eigenvalue weighted by molar-refractivity contribution is 8.02. The van der Waals surface area contributed by atoms with Crippen LogP contribution < -0.4 is 10.6 Å². The van der Waals surface area contributed by atoms with E-state index in [1.807, 2.05) is 12.5 Å². The van der Waals surface area contributed by atoms with Crippen molar-refractivity contribution in [1.82, 2.24) is 23.7 Å². The second kappa shape index (κ2) is 11.9. The fraction of sp³-hybridized carbons (Fsp3) is 0.267. The Kier molecular flexibility index (Phi) is 9.20. The third kappa shape index (κ3) is 7.39. The van der Waals surface area contributed by atoms with Crippen molar-refractivity contribution in [2.75, 3.05) is 34.7 Å². The molecule has 30 heavy (non-hydrogen) atoms. The summed E-state index contributed by atoms with van der Waals surface area (Å²) in [5.74, 6) is 0.681. The molecule has 2 amide bonds. The SMILES string of the molecule is CSc1nsc(SCC(=O)Nc2cccc(NC(=O)CSc3nc(SC)ns3)n2)n1. The lowest BCUT2D eigenvalue weighted by molar-refractivity contribution is -0.114. The first-order chi connectivity index (χ1) is 14.6. The summed E-state index contributed by atoms with van der Waals surface area (Å²) >= 11 is 8.07. The van der Waals surface area contributed by atoms with Gasteiger partial charge in [-0.25, -0.2) is 15.0 Å². The Bertz CT molecular complexity index is 935. The number of pyridine rings is 1. The van der Waals surface area contributed by atoms with Crippen LogP contribution >= 0.6 is 70.1 Å². The molecule has 0 saturated carbocycles. The van der Waals surface area contributed by atoms with Crippen LogP contribution in [0.3, 0.4) is 0 Å². The monoisotopic (exact) mass is 517 g/mol. The standard InChI is InChI=1S/C15H15N7O2S6/c1-25-12-19-14(29-21-12)27-6-10(23)17-8-4-3-5-9(16-8)18-11(24)7-28-15-20-13(26-2)22-30-15/h3-5H,6-7H2,1-2H3,(H2,16,17,18,23,24). The molecule has 0 spiro atoms. The van der Waals surface area contributed by atoms with Gasteiger partial charge in [0.05, 0.1) is 11.5 Å². The molecule has 0 bridgehead atoms. The molecule has 3 rings (SSSR count). The van der Waals surface area contributed by atoms with E-state index in [0.29, 0.717) is 21.9 Å². The van der Waals surface area contributed by atoms with E-state index in [0.717, 1.165) is 8.68 Å². The number of nitrogens with one attached hydrogen (secondary N) is 2. The summed E-state index contributed by atoms with van der Waals surface area (Å²) in [6, 6.07) is 5.04. The highest BCUT2D eigenvalue weighted by Crippen LogP contribution is 2.24. The highest BCUT2D eigenvalue weighted by atomic mass is 32.2. The Balaban J connectivity index is 1.46. The van der Waals surface area contributed by atoms with Crippen molar-refractivity contribution >= 4 is 93.6 Å². The number of carbonyl (C=O) groups excluding carboxylic acids is 2. The quantitative estimate of drug-likeness (QED) is 0.383. The van der Waals surface area contributed by atoms with E-state index < -0.39 is 0 Å². The molecule has 3 aromatic heterocycles. The molecule has 0 radical (unpaired) electrons. The molecule has 0 unspecified atom stereocenters. The molecule has 0 aliphatic carbocycles. The van der Waals surface area contributed by atoms with E-state index in [1.165, 1.54) is 70.1 Å². The smallest absolute Gasteiger partial charge is 0.235 e. The van der Waals surface area contributed by atoms with Crippen LogP contribution in [0.5, 0.6) is 0 Å². The van der Waals surface area contributed by atoms with Crippen molar-refractivity contribution in [1.29, 1.82) is 0 Å². The number of amides is 2. The number of thioether (sulfide) groups is 4. The van der Waals surface area contributed by atoms with Crippen molar-refractivity contribution in [3.63, 3.8) is 0 Å². The summed E-state index contributed by atoms with van der Waals surface area (Å²) in [6.07, 6.45) is 3.80. The van der Waals surface area contributed by atoms with Gasteiger partial charge in [-0.3, -0.25) is 9.59 Å². The lowest BCUT2D eigenvalue weighted by Gasteiger charge is -2.07. The molecule has 158 valence electrons. The van der Waals surface area contributed by atoms with Crippen molar-refractivity contribution in [3.8, 4) is 0 Å². The summed E-state index contributed by atoms with van der Waals surface area (Å²) in [4.78, 5) is 37.1. The van der Waals surface area contributed by atoms with Crippen LogP contribution in [0.15, 0.2) is 37.2 Å². The molecular weight excluding hydrogens is 503 g/mol. The lowest BCUT2D eigenvalue weighted by Crippen LogP contribution is -2.17. The average molecular weight is 518 g/mol. The van der Waals surface area contributed by atoms with Gasteiger partial charge in [0.2, 0.25) is 22.1 Å². The maximum absolute atomic E-state index is 12.2. The molecule has 0 saturated heterocycles. The first kappa shape index (κ1) is 23.3. The second-order valence-electron chi connectivity index (χ2n) is 5.18. The third-order valence-corrected chi connectivity index (χ3v) is 8.07. The molecule has 0 atom stereocenters. The van der Waals surface area contributed by atoms with Gasteiger partial charge < -0.3 is 10.6 Å². The van der Waals surface area contributed by atoms with Gasteiger partial charge in [0.15, 0.2) is 8.68 Å². The molecule has 0 aliphatic heterocycles. The molecule has 0 aliphatic rings. The van der Waals surface area contributed by atoms with Crippen LogP contribution in [0, 0.1) is 0 Å². The first-order valence-corrected chi connectivity index (χ1v) is 14.1. The van der Waals surface area contributed by atoms with Crippen molar-refractivity contribution in [3.05, 3.63) is 18.2 Å². The molecule has 9 nitrogen and oxygen atoms in total. The third-order valence-electron chi connectivity index (χ3n) is 3.08. The zero-order chi connectivity index (χ0) is 21.3. The van der Waals surface area contributed by atoms with Gasteiger partial charge >= 0.3 is 0 Å². The summed E-state index contributed by atoms with van der Waals surface area (Å²) in [5, 5.41) is 6.83. The molecule has 15 heteroatoms. The Morgan fingerprint density at radius 1 is 0.833 bits per heavy atom. The summed E-state index contributed by atoms with van der Waals surface area (Å²) in [5.41, 5.74) is 0. The van der Waals surface area contributed by atoms with E-state index >= 15 is 0 Å². The number of hydrogen-bond donors (Lipinski definition) is 2. The van der Waals surface area contributed by atoms with Gasteiger partial charge in [-0.2, -0.15) is 8.75 Å². The largest absolute Gasteiger partial charge is 0.310 e. The molecule has 3 heterocycles. The van der Waals surface area contributed by atoms with Crippen LogP contribution in [0.2, 0.25) is 0 Å². The number of hydrogen-bond acceptors (Lipinski definition) is 13. The summed E-state index contributed by atoms with van der Waals surface area (Å²) in [7, 11) is 0. The van der Waals surface area contributed by atoms with Crippen molar-refractivity contribution < 1.29 is 9.59 Å².